The SMILES string of the molecule is CCC1=CC(I)=C(C(=O)O)C(C2CC2)C1(C)C(=O)O. The Labute approximate surface area is 125 Å². The van der Waals surface area contributed by atoms with Gasteiger partial charge < -0.3 is 10.2 Å². The fraction of sp³-hybridized carbons (Fsp3) is 0.571. The standard InChI is InChI=1S/C14H17IO4/c1-3-8-6-9(15)10(12(16)17)11(7-4-5-7)14(8,2)13(18)19/h6-7,11H,3-5H2,1-2H3,(H,16,17)(H,18,19). The zero-order chi connectivity index (χ0) is 14.4. The summed E-state index contributed by atoms with van der Waals surface area (Å²) in [5, 5.41) is 19.1. The molecule has 0 aliphatic heterocycles. The van der Waals surface area contributed by atoms with E-state index in [1.165, 1.54) is 0 Å². The second-order valence-electron chi connectivity index (χ2n) is 5.41. The van der Waals surface area contributed by atoms with Crippen LogP contribution in [0.15, 0.2) is 20.8 Å². The van der Waals surface area contributed by atoms with Gasteiger partial charge >= 0.3 is 11.9 Å². The molecule has 104 valence electrons. The van der Waals surface area contributed by atoms with E-state index in [9.17, 15) is 19.8 Å². The molecule has 2 aliphatic carbocycles. The predicted octanol–water partition coefficient (Wildman–Crippen LogP) is 3.23. The number of rotatable bonds is 4. The third kappa shape index (κ3) is 2.22. The summed E-state index contributed by atoms with van der Waals surface area (Å²) in [5.41, 5.74) is 0.0229. The van der Waals surface area contributed by atoms with Crippen LogP contribution >= 0.6 is 22.6 Å². The molecule has 2 unspecified atom stereocenters. The van der Waals surface area contributed by atoms with Crippen molar-refractivity contribution in [2.75, 3.05) is 0 Å². The van der Waals surface area contributed by atoms with Crippen LogP contribution in [0.2, 0.25) is 0 Å². The summed E-state index contributed by atoms with van der Waals surface area (Å²) >= 11 is 2.02. The summed E-state index contributed by atoms with van der Waals surface area (Å²) in [7, 11) is 0. The summed E-state index contributed by atoms with van der Waals surface area (Å²) in [5.74, 6) is -2.12. The van der Waals surface area contributed by atoms with Crippen LogP contribution in [0.4, 0.5) is 0 Å². The van der Waals surface area contributed by atoms with Gasteiger partial charge in [0.1, 0.15) is 0 Å². The van der Waals surface area contributed by atoms with E-state index in [4.69, 9.17) is 0 Å². The van der Waals surface area contributed by atoms with Crippen molar-refractivity contribution in [3.05, 3.63) is 20.8 Å². The van der Waals surface area contributed by atoms with Crippen molar-refractivity contribution in [2.24, 2.45) is 17.3 Å². The molecule has 2 aliphatic rings. The number of hydrogen-bond acceptors (Lipinski definition) is 2. The van der Waals surface area contributed by atoms with Crippen LogP contribution in [0, 0.1) is 17.3 Å². The third-order valence-corrected chi connectivity index (χ3v) is 5.20. The fourth-order valence-corrected chi connectivity index (χ4v) is 4.07. The topological polar surface area (TPSA) is 74.6 Å². The maximum atomic E-state index is 11.8. The van der Waals surface area contributed by atoms with Crippen molar-refractivity contribution in [3.8, 4) is 0 Å². The molecule has 1 saturated carbocycles. The molecule has 2 N–H and O–H groups in total. The maximum absolute atomic E-state index is 11.8. The molecule has 4 nitrogen and oxygen atoms in total. The van der Waals surface area contributed by atoms with Gasteiger partial charge in [-0.3, -0.25) is 4.79 Å². The first-order valence-corrected chi connectivity index (χ1v) is 7.49. The second kappa shape index (κ2) is 4.92. The van der Waals surface area contributed by atoms with Gasteiger partial charge in [0.2, 0.25) is 0 Å². The van der Waals surface area contributed by atoms with E-state index in [1.807, 2.05) is 29.5 Å². The van der Waals surface area contributed by atoms with Gasteiger partial charge in [-0.15, -0.1) is 0 Å². The Morgan fingerprint density at radius 1 is 1.42 bits per heavy atom. The number of hydrogen-bond donors (Lipinski definition) is 2. The van der Waals surface area contributed by atoms with Crippen LogP contribution < -0.4 is 0 Å². The second-order valence-corrected chi connectivity index (χ2v) is 6.57. The number of aliphatic carboxylic acids is 2. The van der Waals surface area contributed by atoms with E-state index in [0.717, 1.165) is 18.4 Å². The molecule has 1 fully saturated rings. The Kier molecular flexibility index (Phi) is 3.77. The Morgan fingerprint density at radius 3 is 2.37 bits per heavy atom. The molecular weight excluding hydrogens is 359 g/mol. The van der Waals surface area contributed by atoms with Gasteiger partial charge in [0, 0.05) is 9.50 Å². The minimum atomic E-state index is -1.09. The quantitative estimate of drug-likeness (QED) is 0.739. The van der Waals surface area contributed by atoms with E-state index >= 15 is 0 Å². The van der Waals surface area contributed by atoms with Gasteiger partial charge in [0.05, 0.1) is 11.0 Å². The van der Waals surface area contributed by atoms with Gasteiger partial charge in [0.15, 0.2) is 0 Å². The molecule has 5 heteroatoms. The number of allylic oxidation sites excluding steroid dienone is 2. The molecule has 2 atom stereocenters. The van der Waals surface area contributed by atoms with Gasteiger partial charge in [-0.2, -0.15) is 0 Å². The van der Waals surface area contributed by atoms with Gasteiger partial charge in [-0.05, 0) is 60.8 Å². The van der Waals surface area contributed by atoms with Crippen molar-refractivity contribution in [2.45, 2.75) is 33.1 Å². The van der Waals surface area contributed by atoms with Crippen molar-refractivity contribution in [1.82, 2.24) is 0 Å². The Bertz CT molecular complexity index is 502. The lowest BCUT2D eigenvalue weighted by atomic mass is 9.63. The highest BCUT2D eigenvalue weighted by Gasteiger charge is 2.55. The van der Waals surface area contributed by atoms with Crippen LogP contribution in [0.25, 0.3) is 0 Å². The zero-order valence-electron chi connectivity index (χ0n) is 10.9. The largest absolute Gasteiger partial charge is 0.481 e. The molecule has 0 aromatic rings. The molecular formula is C14H17IO4. The first-order chi connectivity index (χ1) is 8.83. The Hall–Kier alpha value is -0.850. The maximum Gasteiger partial charge on any atom is 0.332 e. The minimum absolute atomic E-state index is 0.187. The fourth-order valence-electron chi connectivity index (χ4n) is 3.13. The van der Waals surface area contributed by atoms with E-state index in [2.05, 4.69) is 0 Å². The van der Waals surface area contributed by atoms with Crippen LogP contribution in [0.1, 0.15) is 33.1 Å². The van der Waals surface area contributed by atoms with Crippen LogP contribution in [-0.4, -0.2) is 22.2 Å². The smallest absolute Gasteiger partial charge is 0.332 e. The average Bonchev–Trinajstić information content (AvgIpc) is 3.14. The molecule has 0 aromatic heterocycles. The molecule has 19 heavy (non-hydrogen) atoms. The van der Waals surface area contributed by atoms with Crippen molar-refractivity contribution in [1.29, 1.82) is 0 Å². The van der Waals surface area contributed by atoms with Crippen molar-refractivity contribution in [3.63, 3.8) is 0 Å². The highest BCUT2D eigenvalue weighted by atomic mass is 127. The summed E-state index contributed by atoms with van der Waals surface area (Å²) in [6.45, 7) is 3.60. The Balaban J connectivity index is 2.63. The monoisotopic (exact) mass is 376 g/mol. The molecule has 0 aromatic carbocycles. The van der Waals surface area contributed by atoms with Crippen molar-refractivity contribution >= 4 is 34.5 Å². The van der Waals surface area contributed by atoms with Gasteiger partial charge in [-0.1, -0.05) is 12.5 Å². The number of carbonyl (C=O) groups is 2. The van der Waals surface area contributed by atoms with Gasteiger partial charge in [-0.25, -0.2) is 4.79 Å². The summed E-state index contributed by atoms with van der Waals surface area (Å²) in [6.07, 6.45) is 4.22. The minimum Gasteiger partial charge on any atom is -0.481 e. The highest BCUT2D eigenvalue weighted by molar-refractivity contribution is 14.1. The molecule has 0 heterocycles. The van der Waals surface area contributed by atoms with E-state index in [1.54, 1.807) is 13.0 Å². The lowest BCUT2D eigenvalue weighted by molar-refractivity contribution is -0.149. The number of carboxylic acids is 2. The molecule has 0 spiro atoms. The lowest BCUT2D eigenvalue weighted by Crippen LogP contribution is -2.43. The summed E-state index contributed by atoms with van der Waals surface area (Å²) in [6, 6.07) is 0. The molecule has 0 saturated heterocycles. The third-order valence-electron chi connectivity index (χ3n) is 4.31. The van der Waals surface area contributed by atoms with Gasteiger partial charge in [0.25, 0.3) is 0 Å². The highest BCUT2D eigenvalue weighted by Crippen LogP contribution is 2.56. The predicted molar refractivity (Wildman–Crippen MR) is 79.0 cm³/mol. The first-order valence-electron chi connectivity index (χ1n) is 6.41. The van der Waals surface area contributed by atoms with E-state index in [0.29, 0.717) is 10.0 Å². The Morgan fingerprint density at radius 2 is 2.00 bits per heavy atom. The summed E-state index contributed by atoms with van der Waals surface area (Å²) < 4.78 is 0.678. The summed E-state index contributed by atoms with van der Waals surface area (Å²) in [4.78, 5) is 23.3. The van der Waals surface area contributed by atoms with E-state index < -0.39 is 23.3 Å². The first kappa shape index (κ1) is 14.6. The van der Waals surface area contributed by atoms with Crippen LogP contribution in [-0.2, 0) is 9.59 Å². The molecule has 2 rings (SSSR count). The van der Waals surface area contributed by atoms with Crippen LogP contribution in [0.3, 0.4) is 0 Å². The average molecular weight is 376 g/mol. The van der Waals surface area contributed by atoms with Crippen molar-refractivity contribution < 1.29 is 19.8 Å². The van der Waals surface area contributed by atoms with Crippen LogP contribution in [0.5, 0.6) is 0 Å². The zero-order valence-corrected chi connectivity index (χ0v) is 13.1. The number of carboxylic acid groups (broad SMARTS) is 2. The molecule has 0 amide bonds. The number of halogens is 1. The normalized spacial score (nSPS) is 31.1. The molecule has 0 radical (unpaired) electrons. The van der Waals surface area contributed by atoms with E-state index in [-0.39, 0.29) is 11.5 Å². The molecule has 0 bridgehead atoms. The lowest BCUT2D eigenvalue weighted by Gasteiger charge is -2.39.